The van der Waals surface area contributed by atoms with Gasteiger partial charge in [0.15, 0.2) is 0 Å². The quantitative estimate of drug-likeness (QED) is 0.721. The van der Waals surface area contributed by atoms with Gasteiger partial charge in [0.2, 0.25) is 5.91 Å². The van der Waals surface area contributed by atoms with E-state index >= 15 is 0 Å². The van der Waals surface area contributed by atoms with E-state index < -0.39 is 12.0 Å². The lowest BCUT2D eigenvalue weighted by Crippen LogP contribution is -2.39. The lowest BCUT2D eigenvalue weighted by Gasteiger charge is -2.19. The largest absolute Gasteiger partial charge is 0.480 e. The van der Waals surface area contributed by atoms with Gasteiger partial charge in [-0.05, 0) is 18.8 Å². The number of allylic oxidation sites excluding steroid dienone is 1. The van der Waals surface area contributed by atoms with Crippen LogP contribution in [0, 0.1) is 5.41 Å². The Kier molecular flexibility index (Phi) is 5.21. The minimum absolute atomic E-state index is 0.0811. The van der Waals surface area contributed by atoms with Crippen molar-refractivity contribution in [2.45, 2.75) is 47.1 Å². The summed E-state index contributed by atoms with van der Waals surface area (Å²) in [5.41, 5.74) is 0.840. The van der Waals surface area contributed by atoms with Crippen molar-refractivity contribution in [3.63, 3.8) is 0 Å². The zero-order valence-corrected chi connectivity index (χ0v) is 10.6. The molecule has 1 atom stereocenters. The summed E-state index contributed by atoms with van der Waals surface area (Å²) in [6, 6.07) is -0.809. The maximum absolute atomic E-state index is 11.5. The molecule has 0 spiro atoms. The van der Waals surface area contributed by atoms with E-state index in [1.54, 1.807) is 6.92 Å². The second-order valence-corrected chi connectivity index (χ2v) is 4.89. The van der Waals surface area contributed by atoms with Crippen LogP contribution in [-0.4, -0.2) is 23.0 Å². The van der Waals surface area contributed by atoms with E-state index in [0.29, 0.717) is 6.42 Å². The SMILES string of the molecule is CCC(NC(=O)/C=C(/C)C(C)(C)C)C(=O)O. The van der Waals surface area contributed by atoms with Gasteiger partial charge in [0, 0.05) is 6.08 Å². The van der Waals surface area contributed by atoms with Crippen molar-refractivity contribution in [2.24, 2.45) is 5.41 Å². The number of aliphatic carboxylic acids is 1. The Balaban J connectivity index is 4.55. The summed E-state index contributed by atoms with van der Waals surface area (Å²) < 4.78 is 0. The number of carbonyl (C=O) groups is 2. The van der Waals surface area contributed by atoms with Crippen LogP contribution in [0.3, 0.4) is 0 Å². The molecule has 0 radical (unpaired) electrons. The molecule has 4 nitrogen and oxygen atoms in total. The minimum atomic E-state index is -1.00. The third-order valence-electron chi connectivity index (χ3n) is 2.55. The van der Waals surface area contributed by atoms with Crippen molar-refractivity contribution in [3.8, 4) is 0 Å². The summed E-state index contributed by atoms with van der Waals surface area (Å²) >= 11 is 0. The third kappa shape index (κ3) is 4.96. The van der Waals surface area contributed by atoms with Crippen molar-refractivity contribution in [1.82, 2.24) is 5.32 Å². The molecule has 0 aromatic rings. The van der Waals surface area contributed by atoms with Gasteiger partial charge in [-0.3, -0.25) is 4.79 Å². The van der Waals surface area contributed by atoms with Crippen LogP contribution >= 0.6 is 0 Å². The van der Waals surface area contributed by atoms with Crippen molar-refractivity contribution in [3.05, 3.63) is 11.6 Å². The van der Waals surface area contributed by atoms with E-state index in [2.05, 4.69) is 5.32 Å². The fraction of sp³-hybridized carbons (Fsp3) is 0.667. The third-order valence-corrected chi connectivity index (χ3v) is 2.55. The standard InChI is InChI=1S/C12H21NO3/c1-6-9(11(15)16)13-10(14)7-8(2)12(3,4)5/h7,9H,6H2,1-5H3,(H,13,14)(H,15,16)/b8-7-. The molecule has 92 valence electrons. The molecule has 0 fully saturated rings. The van der Waals surface area contributed by atoms with Gasteiger partial charge in [-0.1, -0.05) is 33.3 Å². The summed E-state index contributed by atoms with van der Waals surface area (Å²) in [6.45, 7) is 9.59. The summed E-state index contributed by atoms with van der Waals surface area (Å²) in [5.74, 6) is -1.35. The Labute approximate surface area is 96.7 Å². The highest BCUT2D eigenvalue weighted by Crippen LogP contribution is 2.23. The van der Waals surface area contributed by atoms with Gasteiger partial charge in [0.1, 0.15) is 6.04 Å². The number of carboxylic acids is 1. The van der Waals surface area contributed by atoms with Crippen LogP contribution < -0.4 is 5.32 Å². The Morgan fingerprint density at radius 1 is 1.38 bits per heavy atom. The lowest BCUT2D eigenvalue weighted by atomic mass is 9.87. The molecule has 0 saturated carbocycles. The first-order valence-corrected chi connectivity index (χ1v) is 5.40. The molecule has 0 aromatic carbocycles. The fourth-order valence-corrected chi connectivity index (χ4v) is 0.965. The number of hydrogen-bond donors (Lipinski definition) is 2. The zero-order valence-electron chi connectivity index (χ0n) is 10.6. The second kappa shape index (κ2) is 5.68. The summed E-state index contributed by atoms with van der Waals surface area (Å²) in [5, 5.41) is 11.2. The van der Waals surface area contributed by atoms with E-state index in [1.165, 1.54) is 6.08 Å². The maximum Gasteiger partial charge on any atom is 0.326 e. The molecule has 1 amide bonds. The van der Waals surface area contributed by atoms with Gasteiger partial charge < -0.3 is 10.4 Å². The van der Waals surface area contributed by atoms with Crippen LogP contribution in [0.25, 0.3) is 0 Å². The molecular formula is C12H21NO3. The van der Waals surface area contributed by atoms with Crippen LogP contribution in [0.2, 0.25) is 0 Å². The topological polar surface area (TPSA) is 66.4 Å². The van der Waals surface area contributed by atoms with Gasteiger partial charge >= 0.3 is 5.97 Å². The van der Waals surface area contributed by atoms with Crippen LogP contribution in [0.5, 0.6) is 0 Å². The number of carbonyl (C=O) groups excluding carboxylic acids is 1. The molecule has 2 N–H and O–H groups in total. The minimum Gasteiger partial charge on any atom is -0.480 e. The first-order valence-electron chi connectivity index (χ1n) is 5.40. The number of nitrogens with one attached hydrogen (secondary N) is 1. The molecule has 0 aliphatic rings. The zero-order chi connectivity index (χ0) is 12.9. The van der Waals surface area contributed by atoms with Gasteiger partial charge in [0.05, 0.1) is 0 Å². The van der Waals surface area contributed by atoms with Gasteiger partial charge in [0.25, 0.3) is 0 Å². The van der Waals surface area contributed by atoms with E-state index in [0.717, 1.165) is 5.57 Å². The first kappa shape index (κ1) is 14.7. The number of amides is 1. The van der Waals surface area contributed by atoms with Crippen LogP contribution in [-0.2, 0) is 9.59 Å². The Morgan fingerprint density at radius 2 is 1.88 bits per heavy atom. The Morgan fingerprint density at radius 3 is 2.19 bits per heavy atom. The Bertz CT molecular complexity index is 300. The average Bonchev–Trinajstić information content (AvgIpc) is 2.11. The smallest absolute Gasteiger partial charge is 0.326 e. The molecule has 4 heteroatoms. The van der Waals surface area contributed by atoms with E-state index in [1.807, 2.05) is 27.7 Å². The van der Waals surface area contributed by atoms with Crippen LogP contribution in [0.1, 0.15) is 41.0 Å². The number of rotatable bonds is 4. The second-order valence-electron chi connectivity index (χ2n) is 4.89. The van der Waals surface area contributed by atoms with Crippen molar-refractivity contribution in [1.29, 1.82) is 0 Å². The Hall–Kier alpha value is -1.32. The molecule has 0 heterocycles. The fourth-order valence-electron chi connectivity index (χ4n) is 0.965. The normalized spacial score (nSPS) is 14.4. The van der Waals surface area contributed by atoms with Gasteiger partial charge in [-0.15, -0.1) is 0 Å². The monoisotopic (exact) mass is 227 g/mol. The predicted molar refractivity (Wildman–Crippen MR) is 63.1 cm³/mol. The molecule has 0 bridgehead atoms. The van der Waals surface area contributed by atoms with Crippen LogP contribution in [0.15, 0.2) is 11.6 Å². The predicted octanol–water partition coefficient (Wildman–Crippen LogP) is 1.96. The number of carboxylic acid groups (broad SMARTS) is 1. The lowest BCUT2D eigenvalue weighted by molar-refractivity contribution is -0.141. The molecular weight excluding hydrogens is 206 g/mol. The average molecular weight is 227 g/mol. The van der Waals surface area contributed by atoms with Gasteiger partial charge in [-0.25, -0.2) is 4.79 Å². The summed E-state index contributed by atoms with van der Waals surface area (Å²) in [7, 11) is 0. The van der Waals surface area contributed by atoms with Crippen LogP contribution in [0.4, 0.5) is 0 Å². The molecule has 0 aromatic heterocycles. The van der Waals surface area contributed by atoms with E-state index in [4.69, 9.17) is 5.11 Å². The van der Waals surface area contributed by atoms with Crippen molar-refractivity contribution < 1.29 is 14.7 Å². The van der Waals surface area contributed by atoms with E-state index in [-0.39, 0.29) is 11.3 Å². The molecule has 0 saturated heterocycles. The summed E-state index contributed by atoms with van der Waals surface area (Å²) in [6.07, 6.45) is 1.84. The van der Waals surface area contributed by atoms with Crippen molar-refractivity contribution in [2.75, 3.05) is 0 Å². The molecule has 0 rings (SSSR count). The highest BCUT2D eigenvalue weighted by Gasteiger charge is 2.18. The maximum atomic E-state index is 11.5. The molecule has 16 heavy (non-hydrogen) atoms. The van der Waals surface area contributed by atoms with Gasteiger partial charge in [-0.2, -0.15) is 0 Å². The van der Waals surface area contributed by atoms with Crippen molar-refractivity contribution >= 4 is 11.9 Å². The molecule has 0 aliphatic heterocycles. The number of hydrogen-bond acceptors (Lipinski definition) is 2. The van der Waals surface area contributed by atoms with E-state index in [9.17, 15) is 9.59 Å². The molecule has 1 unspecified atom stereocenters. The highest BCUT2D eigenvalue weighted by molar-refractivity contribution is 5.91. The molecule has 0 aliphatic carbocycles. The first-order chi connectivity index (χ1) is 7.18. The highest BCUT2D eigenvalue weighted by atomic mass is 16.4. The summed E-state index contributed by atoms with van der Waals surface area (Å²) in [4.78, 5) is 22.2.